The minimum Gasteiger partial charge on any atom is -0.392 e. The van der Waals surface area contributed by atoms with Crippen molar-refractivity contribution in [1.29, 1.82) is 0 Å². The predicted molar refractivity (Wildman–Crippen MR) is 50.6 cm³/mol. The van der Waals surface area contributed by atoms with Crippen LogP contribution >= 0.6 is 0 Å². The fraction of sp³-hybridized carbons (Fsp3) is 1.00. The topological polar surface area (TPSA) is 40.5 Å². The summed E-state index contributed by atoms with van der Waals surface area (Å²) in [6.07, 6.45) is 0.732. The van der Waals surface area contributed by atoms with E-state index in [1.165, 1.54) is 0 Å². The standard InChI is InChI=1S/C8H17NO2S/c1-8(10)7-9-3-2-5-12(11)6-4-9/h8,10H,2-7H2,1H3/t8-,12?/m1/s1. The molecule has 0 saturated carbocycles. The van der Waals surface area contributed by atoms with Crippen LogP contribution in [0.15, 0.2) is 0 Å². The zero-order valence-electron chi connectivity index (χ0n) is 7.53. The van der Waals surface area contributed by atoms with E-state index >= 15 is 0 Å². The summed E-state index contributed by atoms with van der Waals surface area (Å²) in [6, 6.07) is 0. The fourth-order valence-electron chi connectivity index (χ4n) is 1.45. The molecule has 1 heterocycles. The van der Waals surface area contributed by atoms with Gasteiger partial charge in [0.15, 0.2) is 0 Å². The number of hydrogen-bond donors (Lipinski definition) is 1. The van der Waals surface area contributed by atoms with Crippen LogP contribution in [0.2, 0.25) is 0 Å². The molecule has 12 heavy (non-hydrogen) atoms. The van der Waals surface area contributed by atoms with E-state index in [4.69, 9.17) is 5.11 Å². The molecule has 1 unspecified atom stereocenters. The molecule has 72 valence electrons. The molecule has 1 fully saturated rings. The first kappa shape index (κ1) is 10.2. The van der Waals surface area contributed by atoms with Crippen molar-refractivity contribution in [3.8, 4) is 0 Å². The Kier molecular flexibility index (Phi) is 4.18. The van der Waals surface area contributed by atoms with Crippen LogP contribution in [0.1, 0.15) is 13.3 Å². The van der Waals surface area contributed by atoms with Crippen molar-refractivity contribution in [1.82, 2.24) is 4.90 Å². The summed E-state index contributed by atoms with van der Waals surface area (Å²) in [5, 5.41) is 9.14. The van der Waals surface area contributed by atoms with Gasteiger partial charge >= 0.3 is 0 Å². The van der Waals surface area contributed by atoms with Crippen molar-refractivity contribution in [2.24, 2.45) is 0 Å². The van der Waals surface area contributed by atoms with E-state index in [1.54, 1.807) is 6.92 Å². The molecule has 4 heteroatoms. The smallest absolute Gasteiger partial charge is 0.0639 e. The average Bonchev–Trinajstić information content (AvgIpc) is 2.15. The molecular formula is C8H17NO2S. The monoisotopic (exact) mass is 191 g/mol. The second-order valence-corrected chi connectivity index (χ2v) is 5.05. The molecular weight excluding hydrogens is 174 g/mol. The molecule has 0 aromatic rings. The van der Waals surface area contributed by atoms with E-state index in [9.17, 15) is 4.21 Å². The van der Waals surface area contributed by atoms with E-state index in [-0.39, 0.29) is 6.10 Å². The van der Waals surface area contributed by atoms with Gasteiger partial charge < -0.3 is 5.11 Å². The zero-order chi connectivity index (χ0) is 8.97. The Balaban J connectivity index is 2.30. The van der Waals surface area contributed by atoms with Gasteiger partial charge in [-0.3, -0.25) is 9.11 Å². The van der Waals surface area contributed by atoms with Crippen molar-refractivity contribution in [2.45, 2.75) is 19.4 Å². The summed E-state index contributed by atoms with van der Waals surface area (Å²) in [4.78, 5) is 2.19. The van der Waals surface area contributed by atoms with E-state index in [0.29, 0.717) is 0 Å². The first-order valence-electron chi connectivity index (χ1n) is 4.44. The quantitative estimate of drug-likeness (QED) is 0.658. The van der Waals surface area contributed by atoms with Crippen LogP contribution in [0.4, 0.5) is 0 Å². The Hall–Kier alpha value is 0.0700. The second-order valence-electron chi connectivity index (χ2n) is 3.35. The second kappa shape index (κ2) is 4.94. The van der Waals surface area contributed by atoms with Crippen molar-refractivity contribution in [3.63, 3.8) is 0 Å². The fourth-order valence-corrected chi connectivity index (χ4v) is 2.57. The lowest BCUT2D eigenvalue weighted by atomic mass is 10.3. The van der Waals surface area contributed by atoms with Gasteiger partial charge in [-0.1, -0.05) is 0 Å². The number of β-amino-alcohol motifs (C(OH)–C–C–N with tert-alkyl or cyclic N) is 1. The van der Waals surface area contributed by atoms with Crippen LogP contribution in [-0.4, -0.2) is 51.5 Å². The van der Waals surface area contributed by atoms with Crippen molar-refractivity contribution in [3.05, 3.63) is 0 Å². The van der Waals surface area contributed by atoms with Crippen LogP contribution in [0.3, 0.4) is 0 Å². The summed E-state index contributed by atoms with van der Waals surface area (Å²) in [7, 11) is -0.616. The van der Waals surface area contributed by atoms with Crippen LogP contribution < -0.4 is 0 Å². The van der Waals surface area contributed by atoms with Gasteiger partial charge in [-0.05, 0) is 19.9 Å². The van der Waals surface area contributed by atoms with Gasteiger partial charge in [-0.2, -0.15) is 0 Å². The van der Waals surface area contributed by atoms with Gasteiger partial charge in [-0.25, -0.2) is 0 Å². The molecule has 3 nitrogen and oxygen atoms in total. The third-order valence-electron chi connectivity index (χ3n) is 2.00. The van der Waals surface area contributed by atoms with Crippen molar-refractivity contribution in [2.75, 3.05) is 31.1 Å². The molecule has 0 aromatic heterocycles. The molecule has 1 rings (SSSR count). The molecule has 0 aromatic carbocycles. The molecule has 1 saturated heterocycles. The highest BCUT2D eigenvalue weighted by atomic mass is 32.2. The van der Waals surface area contributed by atoms with E-state index in [2.05, 4.69) is 4.90 Å². The van der Waals surface area contributed by atoms with Gasteiger partial charge in [-0.15, -0.1) is 0 Å². The van der Waals surface area contributed by atoms with Gasteiger partial charge in [0, 0.05) is 35.4 Å². The Morgan fingerprint density at radius 3 is 2.92 bits per heavy atom. The summed E-state index contributed by atoms with van der Waals surface area (Å²) in [6.45, 7) is 4.37. The van der Waals surface area contributed by atoms with Crippen LogP contribution in [0, 0.1) is 0 Å². The van der Waals surface area contributed by atoms with Crippen LogP contribution in [-0.2, 0) is 10.8 Å². The van der Waals surface area contributed by atoms with E-state index in [1.807, 2.05) is 0 Å². The Labute approximate surface area is 76.2 Å². The van der Waals surface area contributed by atoms with Gasteiger partial charge in [0.05, 0.1) is 6.10 Å². The molecule has 0 aliphatic carbocycles. The third-order valence-corrected chi connectivity index (χ3v) is 3.39. The number of aliphatic hydroxyl groups excluding tert-OH is 1. The molecule has 0 amide bonds. The summed E-state index contributed by atoms with van der Waals surface area (Å²) in [5.41, 5.74) is 0. The third kappa shape index (κ3) is 3.65. The first-order valence-corrected chi connectivity index (χ1v) is 5.92. The van der Waals surface area contributed by atoms with Gasteiger partial charge in [0.1, 0.15) is 0 Å². The Bertz CT molecular complexity index is 161. The Morgan fingerprint density at radius 1 is 1.50 bits per heavy atom. The van der Waals surface area contributed by atoms with Gasteiger partial charge in [0.25, 0.3) is 0 Å². The van der Waals surface area contributed by atoms with E-state index in [0.717, 1.165) is 37.6 Å². The minimum atomic E-state index is -0.616. The largest absolute Gasteiger partial charge is 0.392 e. The Morgan fingerprint density at radius 2 is 2.25 bits per heavy atom. The molecule has 0 radical (unpaired) electrons. The summed E-state index contributed by atoms with van der Waals surface area (Å²) in [5.74, 6) is 1.60. The first-order chi connectivity index (χ1) is 5.68. The predicted octanol–water partition coefficient (Wildman–Crippen LogP) is -0.178. The minimum absolute atomic E-state index is 0.267. The molecule has 2 atom stereocenters. The SMILES string of the molecule is C[C@@H](O)CN1CCCS(=O)CC1. The molecule has 1 aliphatic rings. The molecule has 1 aliphatic heterocycles. The maximum atomic E-state index is 11.1. The van der Waals surface area contributed by atoms with Crippen LogP contribution in [0.5, 0.6) is 0 Å². The highest BCUT2D eigenvalue weighted by Crippen LogP contribution is 2.02. The average molecular weight is 191 g/mol. The van der Waals surface area contributed by atoms with Crippen molar-refractivity contribution >= 4 is 10.8 Å². The van der Waals surface area contributed by atoms with Crippen molar-refractivity contribution < 1.29 is 9.32 Å². The number of nitrogens with zero attached hydrogens (tertiary/aromatic N) is 1. The maximum Gasteiger partial charge on any atom is 0.0639 e. The lowest BCUT2D eigenvalue weighted by Gasteiger charge is -2.20. The maximum absolute atomic E-state index is 11.1. The highest BCUT2D eigenvalue weighted by molar-refractivity contribution is 7.85. The van der Waals surface area contributed by atoms with E-state index < -0.39 is 10.8 Å². The molecule has 0 bridgehead atoms. The number of rotatable bonds is 2. The number of aliphatic hydroxyl groups is 1. The molecule has 0 spiro atoms. The van der Waals surface area contributed by atoms with Gasteiger partial charge in [0.2, 0.25) is 0 Å². The lowest BCUT2D eigenvalue weighted by molar-refractivity contribution is 0.131. The lowest BCUT2D eigenvalue weighted by Crippen LogP contribution is -2.33. The highest BCUT2D eigenvalue weighted by Gasteiger charge is 2.13. The zero-order valence-corrected chi connectivity index (χ0v) is 8.35. The van der Waals surface area contributed by atoms with Crippen LogP contribution in [0.25, 0.3) is 0 Å². The summed E-state index contributed by atoms with van der Waals surface area (Å²) >= 11 is 0. The summed E-state index contributed by atoms with van der Waals surface area (Å²) < 4.78 is 11.1. The number of hydrogen-bond acceptors (Lipinski definition) is 3. The molecule has 1 N–H and O–H groups in total. The normalized spacial score (nSPS) is 29.7.